The van der Waals surface area contributed by atoms with Gasteiger partial charge in [0.1, 0.15) is 0 Å². The van der Waals surface area contributed by atoms with E-state index in [-0.39, 0.29) is 12.5 Å². The molecule has 0 saturated heterocycles. The number of hydrogen-bond donors (Lipinski definition) is 2. The number of rotatable bonds is 6. The fourth-order valence-electron chi connectivity index (χ4n) is 1.51. The summed E-state index contributed by atoms with van der Waals surface area (Å²) in [6.07, 6.45) is 0.0204. The molecule has 106 valence electrons. The Kier molecular flexibility index (Phi) is 5.92. The average molecular weight is 288 g/mol. The molecule has 0 radical (unpaired) electrons. The highest BCUT2D eigenvalue weighted by Crippen LogP contribution is 2.35. The Morgan fingerprint density at radius 1 is 1.42 bits per heavy atom. The van der Waals surface area contributed by atoms with E-state index in [2.05, 4.69) is 5.32 Å². The second-order valence-corrected chi connectivity index (χ2v) is 4.37. The van der Waals surface area contributed by atoms with E-state index >= 15 is 0 Å². The quantitative estimate of drug-likeness (QED) is 0.838. The van der Waals surface area contributed by atoms with Gasteiger partial charge in [0.05, 0.1) is 25.3 Å². The first-order valence-electron chi connectivity index (χ1n) is 5.91. The van der Waals surface area contributed by atoms with Crippen molar-refractivity contribution in [1.82, 2.24) is 5.32 Å². The third-order valence-corrected chi connectivity index (χ3v) is 2.95. The number of aliphatic hydroxyl groups is 1. The first-order chi connectivity index (χ1) is 9.03. The van der Waals surface area contributed by atoms with Crippen molar-refractivity contribution in [3.8, 4) is 11.5 Å². The van der Waals surface area contributed by atoms with Gasteiger partial charge in [-0.1, -0.05) is 18.5 Å². The summed E-state index contributed by atoms with van der Waals surface area (Å²) in [7, 11) is 2.94. The summed E-state index contributed by atoms with van der Waals surface area (Å²) in [6, 6.07) is 3.04. The number of ether oxygens (including phenoxy) is 2. The SMILES string of the molecule is CCC(O)CNC(=O)c1cc(Cl)c(OC)c(OC)c1. The van der Waals surface area contributed by atoms with Crippen LogP contribution < -0.4 is 14.8 Å². The topological polar surface area (TPSA) is 67.8 Å². The van der Waals surface area contributed by atoms with Gasteiger partial charge in [-0.15, -0.1) is 0 Å². The molecule has 6 heteroatoms. The lowest BCUT2D eigenvalue weighted by molar-refractivity contribution is 0.0913. The summed E-state index contributed by atoms with van der Waals surface area (Å²) in [5.41, 5.74) is 0.353. The van der Waals surface area contributed by atoms with Crippen molar-refractivity contribution in [2.75, 3.05) is 20.8 Å². The second-order valence-electron chi connectivity index (χ2n) is 3.97. The molecule has 0 heterocycles. The summed E-state index contributed by atoms with van der Waals surface area (Å²) in [5.74, 6) is 0.445. The van der Waals surface area contributed by atoms with Crippen LogP contribution in [0.3, 0.4) is 0 Å². The number of benzene rings is 1. The smallest absolute Gasteiger partial charge is 0.251 e. The number of halogens is 1. The molecule has 1 aromatic rings. The standard InChI is InChI=1S/C13H18ClNO4/c1-4-9(16)7-15-13(17)8-5-10(14)12(19-3)11(6-8)18-2/h5-6,9,16H,4,7H2,1-3H3,(H,15,17). The normalized spacial score (nSPS) is 11.8. The Morgan fingerprint density at radius 3 is 2.63 bits per heavy atom. The molecule has 0 saturated carbocycles. The summed E-state index contributed by atoms with van der Waals surface area (Å²) in [6.45, 7) is 2.03. The van der Waals surface area contributed by atoms with Gasteiger partial charge in [-0.05, 0) is 18.6 Å². The molecule has 5 nitrogen and oxygen atoms in total. The predicted octanol–water partition coefficient (Wildman–Crippen LogP) is 1.86. The van der Waals surface area contributed by atoms with Crippen LogP contribution in [0.15, 0.2) is 12.1 Å². The van der Waals surface area contributed by atoms with Crippen LogP contribution in [0.2, 0.25) is 5.02 Å². The van der Waals surface area contributed by atoms with Gasteiger partial charge in [0, 0.05) is 12.1 Å². The van der Waals surface area contributed by atoms with Crippen LogP contribution in [0.25, 0.3) is 0 Å². The Bertz CT molecular complexity index is 451. The molecule has 2 N–H and O–H groups in total. The number of carbonyl (C=O) groups excluding carboxylic acids is 1. The second kappa shape index (κ2) is 7.21. The summed E-state index contributed by atoms with van der Waals surface area (Å²) >= 11 is 6.01. The van der Waals surface area contributed by atoms with Crippen LogP contribution in [-0.2, 0) is 0 Å². The van der Waals surface area contributed by atoms with Gasteiger partial charge in [0.15, 0.2) is 11.5 Å². The van der Waals surface area contributed by atoms with Crippen molar-refractivity contribution in [3.63, 3.8) is 0 Å². The molecule has 1 amide bonds. The summed E-state index contributed by atoms with van der Waals surface area (Å²) in [5, 5.41) is 12.3. The van der Waals surface area contributed by atoms with Gasteiger partial charge in [-0.3, -0.25) is 4.79 Å². The van der Waals surface area contributed by atoms with Crippen LogP contribution in [-0.4, -0.2) is 37.9 Å². The lowest BCUT2D eigenvalue weighted by atomic mass is 10.1. The lowest BCUT2D eigenvalue weighted by Crippen LogP contribution is -2.31. The van der Waals surface area contributed by atoms with E-state index in [9.17, 15) is 9.90 Å². The number of aliphatic hydroxyl groups excluding tert-OH is 1. The Labute approximate surface area is 117 Å². The maximum atomic E-state index is 11.9. The molecule has 1 atom stereocenters. The van der Waals surface area contributed by atoms with Crippen molar-refractivity contribution < 1.29 is 19.4 Å². The molecule has 1 unspecified atom stereocenters. The first kappa shape index (κ1) is 15.6. The molecule has 0 aliphatic carbocycles. The number of carbonyl (C=O) groups is 1. The zero-order valence-corrected chi connectivity index (χ0v) is 12.0. The molecular weight excluding hydrogens is 270 g/mol. The van der Waals surface area contributed by atoms with E-state index in [0.29, 0.717) is 28.5 Å². The summed E-state index contributed by atoms with van der Waals surface area (Å²) < 4.78 is 10.2. The van der Waals surface area contributed by atoms with E-state index in [4.69, 9.17) is 21.1 Å². The van der Waals surface area contributed by atoms with Crippen molar-refractivity contribution in [2.24, 2.45) is 0 Å². The van der Waals surface area contributed by atoms with Crippen LogP contribution in [0.1, 0.15) is 23.7 Å². The van der Waals surface area contributed by atoms with Crippen LogP contribution in [0, 0.1) is 0 Å². The number of nitrogens with one attached hydrogen (secondary N) is 1. The van der Waals surface area contributed by atoms with E-state index < -0.39 is 6.10 Å². The number of amides is 1. The van der Waals surface area contributed by atoms with Crippen molar-refractivity contribution in [1.29, 1.82) is 0 Å². The molecule has 1 rings (SSSR count). The zero-order chi connectivity index (χ0) is 14.4. The highest BCUT2D eigenvalue weighted by atomic mass is 35.5. The Morgan fingerprint density at radius 2 is 2.11 bits per heavy atom. The van der Waals surface area contributed by atoms with Crippen molar-refractivity contribution >= 4 is 17.5 Å². The number of hydrogen-bond acceptors (Lipinski definition) is 4. The molecule has 1 aromatic carbocycles. The van der Waals surface area contributed by atoms with Crippen LogP contribution >= 0.6 is 11.6 Å². The van der Waals surface area contributed by atoms with Crippen molar-refractivity contribution in [2.45, 2.75) is 19.4 Å². The minimum absolute atomic E-state index is 0.196. The molecule has 0 fully saturated rings. The monoisotopic (exact) mass is 287 g/mol. The van der Waals surface area contributed by atoms with E-state index in [1.807, 2.05) is 6.92 Å². The Hall–Kier alpha value is -1.46. The molecule has 0 spiro atoms. The minimum Gasteiger partial charge on any atom is -0.493 e. The molecule has 0 aliphatic rings. The van der Waals surface area contributed by atoms with Gasteiger partial charge < -0.3 is 19.9 Å². The molecular formula is C13H18ClNO4. The van der Waals surface area contributed by atoms with Crippen LogP contribution in [0.4, 0.5) is 0 Å². The lowest BCUT2D eigenvalue weighted by Gasteiger charge is -2.13. The number of methoxy groups -OCH3 is 2. The van der Waals surface area contributed by atoms with E-state index in [0.717, 1.165) is 0 Å². The maximum absolute atomic E-state index is 11.9. The van der Waals surface area contributed by atoms with E-state index in [1.54, 1.807) is 6.07 Å². The van der Waals surface area contributed by atoms with Crippen molar-refractivity contribution in [3.05, 3.63) is 22.7 Å². The fourth-order valence-corrected chi connectivity index (χ4v) is 1.79. The first-order valence-corrected chi connectivity index (χ1v) is 6.29. The zero-order valence-electron chi connectivity index (χ0n) is 11.2. The third-order valence-electron chi connectivity index (χ3n) is 2.67. The van der Waals surface area contributed by atoms with Gasteiger partial charge in [-0.25, -0.2) is 0 Å². The average Bonchev–Trinajstić information content (AvgIpc) is 2.43. The molecule has 0 aliphatic heterocycles. The predicted molar refractivity (Wildman–Crippen MR) is 73.2 cm³/mol. The minimum atomic E-state index is -0.556. The van der Waals surface area contributed by atoms with Gasteiger partial charge in [-0.2, -0.15) is 0 Å². The maximum Gasteiger partial charge on any atom is 0.251 e. The molecule has 19 heavy (non-hydrogen) atoms. The third kappa shape index (κ3) is 4.01. The van der Waals surface area contributed by atoms with Gasteiger partial charge in [0.2, 0.25) is 0 Å². The highest BCUT2D eigenvalue weighted by molar-refractivity contribution is 6.32. The molecule has 0 aromatic heterocycles. The van der Waals surface area contributed by atoms with Crippen LogP contribution in [0.5, 0.6) is 11.5 Å². The highest BCUT2D eigenvalue weighted by Gasteiger charge is 2.15. The Balaban J connectivity index is 2.89. The molecule has 0 bridgehead atoms. The summed E-state index contributed by atoms with van der Waals surface area (Å²) in [4.78, 5) is 11.9. The largest absolute Gasteiger partial charge is 0.493 e. The fraction of sp³-hybridized carbons (Fsp3) is 0.462. The van der Waals surface area contributed by atoms with Gasteiger partial charge >= 0.3 is 0 Å². The van der Waals surface area contributed by atoms with E-state index in [1.165, 1.54) is 20.3 Å². The van der Waals surface area contributed by atoms with Gasteiger partial charge in [0.25, 0.3) is 5.91 Å².